The molecule has 1 aliphatic rings. The molecule has 1 fully saturated rings. The van der Waals surface area contributed by atoms with E-state index < -0.39 is 24.1 Å². The van der Waals surface area contributed by atoms with Gasteiger partial charge in [0.25, 0.3) is 0 Å². The van der Waals surface area contributed by atoms with E-state index in [0.717, 1.165) is 5.56 Å². The smallest absolute Gasteiger partial charge is 0.326 e. The highest BCUT2D eigenvalue weighted by molar-refractivity contribution is 5.95. The predicted octanol–water partition coefficient (Wildman–Crippen LogP) is 2.22. The second kappa shape index (κ2) is 8.00. The van der Waals surface area contributed by atoms with Crippen LogP contribution in [0.5, 0.6) is 0 Å². The molecule has 0 aliphatic carbocycles. The Morgan fingerprint density at radius 3 is 2.60 bits per heavy atom. The summed E-state index contributed by atoms with van der Waals surface area (Å²) in [5.41, 5.74) is 1.65. The molecule has 2 rings (SSSR count). The first kappa shape index (κ1) is 18.8. The zero-order valence-electron chi connectivity index (χ0n) is 14.8. The summed E-state index contributed by atoms with van der Waals surface area (Å²) < 4.78 is 0. The maximum Gasteiger partial charge on any atom is 0.326 e. The van der Waals surface area contributed by atoms with E-state index in [1.807, 2.05) is 39.0 Å². The van der Waals surface area contributed by atoms with Gasteiger partial charge in [-0.25, -0.2) is 9.59 Å². The van der Waals surface area contributed by atoms with Crippen LogP contribution in [-0.2, 0) is 9.59 Å². The van der Waals surface area contributed by atoms with Crippen molar-refractivity contribution in [3.63, 3.8) is 0 Å². The molecule has 0 radical (unpaired) electrons. The summed E-state index contributed by atoms with van der Waals surface area (Å²) in [5.74, 6) is -1.51. The number of nitrogens with one attached hydrogen (secondary N) is 2. The molecule has 7 nitrogen and oxygen atoms in total. The van der Waals surface area contributed by atoms with E-state index in [1.54, 1.807) is 6.07 Å². The van der Waals surface area contributed by atoms with Crippen LogP contribution in [0.25, 0.3) is 0 Å². The van der Waals surface area contributed by atoms with Gasteiger partial charge in [-0.15, -0.1) is 0 Å². The van der Waals surface area contributed by atoms with Crippen LogP contribution in [0.1, 0.15) is 32.3 Å². The van der Waals surface area contributed by atoms with E-state index >= 15 is 0 Å². The number of hydrogen-bond acceptors (Lipinski definition) is 3. The van der Waals surface area contributed by atoms with Crippen LogP contribution in [-0.4, -0.2) is 46.5 Å². The van der Waals surface area contributed by atoms with E-state index in [0.29, 0.717) is 25.1 Å². The van der Waals surface area contributed by atoms with Gasteiger partial charge in [-0.2, -0.15) is 0 Å². The number of carbonyl (C=O) groups excluding carboxylic acids is 2. The molecule has 25 heavy (non-hydrogen) atoms. The fourth-order valence-corrected chi connectivity index (χ4v) is 3.01. The van der Waals surface area contributed by atoms with Crippen LogP contribution >= 0.6 is 0 Å². The van der Waals surface area contributed by atoms with Crippen molar-refractivity contribution < 1.29 is 19.5 Å². The van der Waals surface area contributed by atoms with Gasteiger partial charge in [-0.05, 0) is 43.4 Å². The molecule has 0 unspecified atom stereocenters. The Morgan fingerprint density at radius 1 is 1.28 bits per heavy atom. The highest BCUT2D eigenvalue weighted by Crippen LogP contribution is 2.20. The van der Waals surface area contributed by atoms with E-state index in [1.165, 1.54) is 4.90 Å². The number of rotatable bonds is 5. The van der Waals surface area contributed by atoms with Crippen molar-refractivity contribution in [2.45, 2.75) is 45.7 Å². The minimum atomic E-state index is -1.00. The summed E-state index contributed by atoms with van der Waals surface area (Å²) >= 11 is 0. The van der Waals surface area contributed by atoms with Crippen molar-refractivity contribution >= 4 is 23.6 Å². The topological polar surface area (TPSA) is 98.7 Å². The van der Waals surface area contributed by atoms with Crippen LogP contribution in [0.2, 0.25) is 0 Å². The number of urea groups is 1. The molecular formula is C18H25N3O4. The minimum absolute atomic E-state index is 0.161. The fourth-order valence-electron chi connectivity index (χ4n) is 3.01. The van der Waals surface area contributed by atoms with Gasteiger partial charge in [0, 0.05) is 12.2 Å². The van der Waals surface area contributed by atoms with Crippen molar-refractivity contribution in [2.24, 2.45) is 5.92 Å². The summed E-state index contributed by atoms with van der Waals surface area (Å²) in [6, 6.07) is 5.27. The fraction of sp³-hybridized carbons (Fsp3) is 0.500. The number of carboxylic acids is 1. The van der Waals surface area contributed by atoms with Crippen molar-refractivity contribution in [1.29, 1.82) is 0 Å². The largest absolute Gasteiger partial charge is 0.480 e. The predicted molar refractivity (Wildman–Crippen MR) is 94.3 cm³/mol. The quantitative estimate of drug-likeness (QED) is 0.760. The molecule has 0 aromatic heterocycles. The number of nitrogens with zero attached hydrogens (tertiary/aromatic N) is 1. The van der Waals surface area contributed by atoms with Crippen LogP contribution in [0.15, 0.2) is 24.3 Å². The number of likely N-dealkylation sites (tertiary alicyclic amines) is 1. The third-order valence-electron chi connectivity index (χ3n) is 4.32. The Balaban J connectivity index is 2.06. The third-order valence-corrected chi connectivity index (χ3v) is 4.32. The Hall–Kier alpha value is -2.57. The minimum Gasteiger partial charge on any atom is -0.480 e. The Labute approximate surface area is 147 Å². The number of carboxylic acid groups (broad SMARTS) is 1. The lowest BCUT2D eigenvalue weighted by Crippen LogP contribution is -2.54. The average molecular weight is 347 g/mol. The molecular weight excluding hydrogens is 322 g/mol. The SMILES string of the molecule is Cc1cccc(NC(=O)N[C@H](C(=O)N2CCC[C@H]2C(=O)O)C(C)C)c1. The van der Waals surface area contributed by atoms with Crippen LogP contribution in [0.3, 0.4) is 0 Å². The Kier molecular flexibility index (Phi) is 6.01. The molecule has 136 valence electrons. The van der Waals surface area contributed by atoms with Gasteiger partial charge in [0.2, 0.25) is 5.91 Å². The van der Waals surface area contributed by atoms with Gasteiger partial charge in [0.15, 0.2) is 0 Å². The van der Waals surface area contributed by atoms with E-state index in [9.17, 15) is 19.5 Å². The zero-order chi connectivity index (χ0) is 18.6. The van der Waals surface area contributed by atoms with Gasteiger partial charge in [0.05, 0.1) is 0 Å². The number of anilines is 1. The van der Waals surface area contributed by atoms with Gasteiger partial charge in [-0.1, -0.05) is 26.0 Å². The molecule has 0 saturated carbocycles. The highest BCUT2D eigenvalue weighted by atomic mass is 16.4. The molecule has 1 aromatic rings. The summed E-state index contributed by atoms with van der Waals surface area (Å²) in [7, 11) is 0. The first-order valence-corrected chi connectivity index (χ1v) is 8.47. The average Bonchev–Trinajstić information content (AvgIpc) is 3.01. The molecule has 1 aliphatic heterocycles. The molecule has 1 saturated heterocycles. The molecule has 2 atom stereocenters. The normalized spacial score (nSPS) is 18.1. The molecule has 0 spiro atoms. The number of carbonyl (C=O) groups is 3. The molecule has 0 bridgehead atoms. The number of aryl methyl sites for hydroxylation is 1. The van der Waals surface area contributed by atoms with E-state index in [2.05, 4.69) is 10.6 Å². The highest BCUT2D eigenvalue weighted by Gasteiger charge is 2.38. The Bertz CT molecular complexity index is 659. The molecule has 1 heterocycles. The second-order valence-corrected chi connectivity index (χ2v) is 6.72. The first-order valence-electron chi connectivity index (χ1n) is 8.47. The summed E-state index contributed by atoms with van der Waals surface area (Å²) in [5, 5.41) is 14.7. The van der Waals surface area contributed by atoms with Gasteiger partial charge >= 0.3 is 12.0 Å². The first-order chi connectivity index (χ1) is 11.8. The molecule has 3 N–H and O–H groups in total. The summed E-state index contributed by atoms with van der Waals surface area (Å²) in [6.07, 6.45) is 1.10. The third kappa shape index (κ3) is 4.71. The van der Waals surface area contributed by atoms with Gasteiger partial charge in [-0.3, -0.25) is 4.79 Å². The molecule has 7 heteroatoms. The lowest BCUT2D eigenvalue weighted by Gasteiger charge is -2.29. The van der Waals surface area contributed by atoms with Crippen molar-refractivity contribution in [3.05, 3.63) is 29.8 Å². The van der Waals surface area contributed by atoms with Crippen molar-refractivity contribution in [2.75, 3.05) is 11.9 Å². The van der Waals surface area contributed by atoms with Gasteiger partial charge < -0.3 is 20.6 Å². The molecule has 1 aromatic carbocycles. The second-order valence-electron chi connectivity index (χ2n) is 6.72. The van der Waals surface area contributed by atoms with Crippen LogP contribution in [0.4, 0.5) is 10.5 Å². The van der Waals surface area contributed by atoms with Crippen molar-refractivity contribution in [1.82, 2.24) is 10.2 Å². The Morgan fingerprint density at radius 2 is 2.00 bits per heavy atom. The number of amides is 3. The van der Waals surface area contributed by atoms with Crippen molar-refractivity contribution in [3.8, 4) is 0 Å². The maximum absolute atomic E-state index is 12.8. The standard InChI is InChI=1S/C18H25N3O4/c1-11(2)15(16(22)21-9-5-8-14(21)17(23)24)20-18(25)19-13-7-4-6-12(3)10-13/h4,6-7,10-11,14-15H,5,8-9H2,1-3H3,(H,23,24)(H2,19,20,25)/t14-,15-/m0/s1. The monoisotopic (exact) mass is 347 g/mol. The number of hydrogen-bond donors (Lipinski definition) is 3. The number of aliphatic carboxylic acids is 1. The lowest BCUT2D eigenvalue weighted by molar-refractivity contribution is -0.149. The zero-order valence-corrected chi connectivity index (χ0v) is 14.8. The molecule has 3 amide bonds. The van der Waals surface area contributed by atoms with Crippen LogP contribution in [0, 0.1) is 12.8 Å². The maximum atomic E-state index is 12.8. The van der Waals surface area contributed by atoms with Gasteiger partial charge in [0.1, 0.15) is 12.1 Å². The van der Waals surface area contributed by atoms with E-state index in [4.69, 9.17) is 0 Å². The summed E-state index contributed by atoms with van der Waals surface area (Å²) in [4.78, 5) is 37.7. The lowest BCUT2D eigenvalue weighted by atomic mass is 10.0. The summed E-state index contributed by atoms with van der Waals surface area (Å²) in [6.45, 7) is 5.96. The number of benzene rings is 1. The van der Waals surface area contributed by atoms with E-state index in [-0.39, 0.29) is 11.8 Å². The van der Waals surface area contributed by atoms with Crippen LogP contribution < -0.4 is 10.6 Å².